The summed E-state index contributed by atoms with van der Waals surface area (Å²) in [5.74, 6) is 0.497. The molecule has 9 nitrogen and oxygen atoms in total. The number of nitrogens with zero attached hydrogens (tertiary/aromatic N) is 4. The second kappa shape index (κ2) is 9.78. The van der Waals surface area contributed by atoms with Gasteiger partial charge in [0.1, 0.15) is 0 Å². The van der Waals surface area contributed by atoms with Gasteiger partial charge in [0.25, 0.3) is 5.91 Å². The van der Waals surface area contributed by atoms with Crippen LogP contribution in [0.1, 0.15) is 23.2 Å². The zero-order valence-corrected chi connectivity index (χ0v) is 20.3. The molecule has 0 atom stereocenters. The molecule has 0 N–H and O–H groups in total. The second-order valence-corrected chi connectivity index (χ2v) is 9.11. The molecule has 1 aromatic heterocycles. The monoisotopic (exact) mass is 482 g/mol. The molecule has 1 saturated heterocycles. The summed E-state index contributed by atoms with van der Waals surface area (Å²) in [7, 11) is 7.02. The Morgan fingerprint density at radius 2 is 1.62 bits per heavy atom. The second-order valence-electron chi connectivity index (χ2n) is 8.10. The molecule has 178 valence electrons. The number of methoxy groups -OCH3 is 2. The summed E-state index contributed by atoms with van der Waals surface area (Å²) in [6.07, 6.45) is 0.427. The average Bonchev–Trinajstić information content (AvgIpc) is 3.39. The Bertz CT molecular complexity index is 1180. The Morgan fingerprint density at radius 1 is 1.00 bits per heavy atom. The SMILES string of the molecule is COc1cc2nc(N(CCN(C)C)C(=O)c3ccc(N4C(=O)CCC4=O)cc3)sc2cc1OC. The molecule has 0 unspecified atom stereocenters. The van der Waals surface area contributed by atoms with Gasteiger partial charge in [0, 0.05) is 43.6 Å². The van der Waals surface area contributed by atoms with Crippen LogP contribution < -0.4 is 19.3 Å². The number of fused-ring (bicyclic) bond motifs is 1. The summed E-state index contributed by atoms with van der Waals surface area (Å²) in [4.78, 5) is 47.1. The number of rotatable bonds is 8. The molecule has 1 aliphatic rings. The minimum Gasteiger partial charge on any atom is -0.493 e. The quantitative estimate of drug-likeness (QED) is 0.455. The van der Waals surface area contributed by atoms with Crippen molar-refractivity contribution in [1.29, 1.82) is 0 Å². The molecular weight excluding hydrogens is 456 g/mol. The number of anilines is 2. The van der Waals surface area contributed by atoms with Crippen molar-refractivity contribution in [3.8, 4) is 11.5 Å². The van der Waals surface area contributed by atoms with Crippen molar-refractivity contribution >= 4 is 50.1 Å². The molecule has 34 heavy (non-hydrogen) atoms. The molecule has 2 heterocycles. The predicted molar refractivity (Wildman–Crippen MR) is 131 cm³/mol. The van der Waals surface area contributed by atoms with Crippen LogP contribution in [0.25, 0.3) is 10.2 Å². The lowest BCUT2D eigenvalue weighted by molar-refractivity contribution is -0.121. The molecule has 2 aromatic carbocycles. The fourth-order valence-electron chi connectivity index (χ4n) is 3.72. The summed E-state index contributed by atoms with van der Waals surface area (Å²) in [6.45, 7) is 1.08. The highest BCUT2D eigenvalue weighted by atomic mass is 32.1. The fourth-order valence-corrected chi connectivity index (χ4v) is 4.72. The molecule has 1 aliphatic heterocycles. The summed E-state index contributed by atoms with van der Waals surface area (Å²) in [6, 6.07) is 10.2. The maximum atomic E-state index is 13.5. The van der Waals surface area contributed by atoms with Crippen molar-refractivity contribution in [3.05, 3.63) is 42.0 Å². The first-order chi connectivity index (χ1) is 16.3. The molecule has 0 spiro atoms. The van der Waals surface area contributed by atoms with Gasteiger partial charge in [0.05, 0.1) is 30.1 Å². The van der Waals surface area contributed by atoms with E-state index in [0.717, 1.165) is 4.70 Å². The first-order valence-electron chi connectivity index (χ1n) is 10.8. The van der Waals surface area contributed by atoms with Gasteiger partial charge in [-0.25, -0.2) is 4.98 Å². The first-order valence-corrected chi connectivity index (χ1v) is 11.6. The van der Waals surface area contributed by atoms with E-state index in [1.807, 2.05) is 25.1 Å². The largest absolute Gasteiger partial charge is 0.493 e. The van der Waals surface area contributed by atoms with Gasteiger partial charge in [-0.2, -0.15) is 0 Å². The van der Waals surface area contributed by atoms with E-state index in [-0.39, 0.29) is 30.6 Å². The Labute approximate surface area is 201 Å². The highest BCUT2D eigenvalue weighted by Crippen LogP contribution is 2.37. The first kappa shape index (κ1) is 23.7. The van der Waals surface area contributed by atoms with E-state index < -0.39 is 0 Å². The molecule has 0 saturated carbocycles. The van der Waals surface area contributed by atoms with Crippen LogP contribution in [0.4, 0.5) is 10.8 Å². The van der Waals surface area contributed by atoms with E-state index in [1.165, 1.54) is 16.2 Å². The third-order valence-corrected chi connectivity index (χ3v) is 6.59. The lowest BCUT2D eigenvalue weighted by atomic mass is 10.1. The van der Waals surface area contributed by atoms with Crippen LogP contribution >= 0.6 is 11.3 Å². The summed E-state index contributed by atoms with van der Waals surface area (Å²) >= 11 is 1.40. The molecule has 0 radical (unpaired) electrons. The Kier molecular flexibility index (Phi) is 6.80. The number of aromatic nitrogens is 1. The van der Waals surface area contributed by atoms with Crippen LogP contribution in [0.5, 0.6) is 11.5 Å². The maximum Gasteiger partial charge on any atom is 0.260 e. The van der Waals surface area contributed by atoms with Crippen LogP contribution in [-0.2, 0) is 9.59 Å². The third-order valence-electron chi connectivity index (χ3n) is 5.55. The number of carbonyl (C=O) groups is 3. The number of hydrogen-bond donors (Lipinski definition) is 0. The van der Waals surface area contributed by atoms with Gasteiger partial charge in [-0.05, 0) is 38.4 Å². The Morgan fingerprint density at radius 3 is 2.21 bits per heavy atom. The summed E-state index contributed by atoms with van der Waals surface area (Å²) in [5.41, 5.74) is 1.63. The number of carbonyl (C=O) groups excluding carboxylic acids is 3. The van der Waals surface area contributed by atoms with Gasteiger partial charge >= 0.3 is 0 Å². The van der Waals surface area contributed by atoms with Gasteiger partial charge < -0.3 is 14.4 Å². The number of hydrogen-bond acceptors (Lipinski definition) is 8. The number of thiazole rings is 1. The van der Waals surface area contributed by atoms with E-state index in [2.05, 4.69) is 0 Å². The van der Waals surface area contributed by atoms with Crippen molar-refractivity contribution in [2.24, 2.45) is 0 Å². The molecular formula is C24H26N4O5S. The smallest absolute Gasteiger partial charge is 0.260 e. The topological polar surface area (TPSA) is 92.3 Å². The van der Waals surface area contributed by atoms with E-state index in [4.69, 9.17) is 14.5 Å². The van der Waals surface area contributed by atoms with Crippen LogP contribution in [0.3, 0.4) is 0 Å². The zero-order chi connectivity index (χ0) is 24.4. The predicted octanol–water partition coefficient (Wildman–Crippen LogP) is 3.18. The summed E-state index contributed by atoms with van der Waals surface area (Å²) < 4.78 is 11.6. The molecule has 1 fully saturated rings. The number of benzene rings is 2. The van der Waals surface area contributed by atoms with E-state index in [9.17, 15) is 14.4 Å². The van der Waals surface area contributed by atoms with Gasteiger partial charge in [-0.15, -0.1) is 0 Å². The molecule has 10 heteroatoms. The molecule has 4 rings (SSSR count). The van der Waals surface area contributed by atoms with Crippen LogP contribution in [0, 0.1) is 0 Å². The third kappa shape index (κ3) is 4.59. The number of imide groups is 1. The van der Waals surface area contributed by atoms with Crippen LogP contribution in [-0.4, -0.2) is 69.0 Å². The van der Waals surface area contributed by atoms with E-state index in [0.29, 0.717) is 46.5 Å². The van der Waals surface area contributed by atoms with Crippen molar-refractivity contribution in [3.63, 3.8) is 0 Å². The van der Waals surface area contributed by atoms with Crippen LogP contribution in [0.2, 0.25) is 0 Å². The number of amides is 3. The van der Waals surface area contributed by atoms with Gasteiger partial charge in [0.2, 0.25) is 11.8 Å². The number of ether oxygens (including phenoxy) is 2. The van der Waals surface area contributed by atoms with Gasteiger partial charge in [0.15, 0.2) is 16.6 Å². The molecule has 0 bridgehead atoms. The summed E-state index contributed by atoms with van der Waals surface area (Å²) in [5, 5.41) is 0.561. The van der Waals surface area contributed by atoms with Crippen molar-refractivity contribution in [2.45, 2.75) is 12.8 Å². The fraction of sp³-hybridized carbons (Fsp3) is 0.333. The van der Waals surface area contributed by atoms with Crippen molar-refractivity contribution in [2.75, 3.05) is 51.2 Å². The molecule has 0 aliphatic carbocycles. The lowest BCUT2D eigenvalue weighted by Gasteiger charge is -2.22. The van der Waals surface area contributed by atoms with E-state index in [1.54, 1.807) is 49.5 Å². The minimum atomic E-state index is -0.225. The minimum absolute atomic E-state index is 0.213. The van der Waals surface area contributed by atoms with E-state index >= 15 is 0 Å². The van der Waals surface area contributed by atoms with Crippen molar-refractivity contribution in [1.82, 2.24) is 9.88 Å². The molecule has 3 aromatic rings. The van der Waals surface area contributed by atoms with Gasteiger partial charge in [-0.3, -0.25) is 24.2 Å². The van der Waals surface area contributed by atoms with Crippen molar-refractivity contribution < 1.29 is 23.9 Å². The highest BCUT2D eigenvalue weighted by Gasteiger charge is 2.30. The lowest BCUT2D eigenvalue weighted by Crippen LogP contribution is -2.36. The van der Waals surface area contributed by atoms with Crippen LogP contribution in [0.15, 0.2) is 36.4 Å². The molecule has 3 amide bonds. The average molecular weight is 483 g/mol. The highest BCUT2D eigenvalue weighted by molar-refractivity contribution is 7.22. The van der Waals surface area contributed by atoms with Gasteiger partial charge in [-0.1, -0.05) is 11.3 Å². The normalized spacial score (nSPS) is 13.7. The Balaban J connectivity index is 1.66. The standard InChI is InChI=1S/C24H26N4O5S/c1-26(2)11-12-27(24-25-17-13-18(32-3)19(33-4)14-20(17)34-24)23(31)15-5-7-16(8-6-15)28-21(29)9-10-22(28)30/h5-8,13-14H,9-12H2,1-4H3. The number of likely N-dealkylation sites (N-methyl/N-ethyl adjacent to an activating group) is 1. The Hall–Kier alpha value is -3.50. The maximum absolute atomic E-state index is 13.5. The zero-order valence-electron chi connectivity index (χ0n) is 19.5.